The van der Waals surface area contributed by atoms with Crippen molar-refractivity contribution in [1.82, 2.24) is 4.90 Å². The number of hydrogen-bond donors (Lipinski definition) is 0. The molecule has 0 aromatic carbocycles. The maximum atomic E-state index is 11.4. The van der Waals surface area contributed by atoms with Crippen molar-refractivity contribution in [2.24, 2.45) is 11.3 Å². The van der Waals surface area contributed by atoms with Crippen LogP contribution < -0.4 is 0 Å². The molecule has 3 nitrogen and oxygen atoms in total. The molecule has 3 heteroatoms. The summed E-state index contributed by atoms with van der Waals surface area (Å²) in [6.07, 6.45) is 0. The first kappa shape index (κ1) is 9.52. The van der Waals surface area contributed by atoms with E-state index in [9.17, 15) is 4.79 Å². The van der Waals surface area contributed by atoms with E-state index in [2.05, 4.69) is 11.8 Å². The minimum atomic E-state index is -0.302. The highest BCUT2D eigenvalue weighted by Crippen LogP contribution is 2.35. The minimum absolute atomic E-state index is 0.0839. The lowest BCUT2D eigenvalue weighted by atomic mass is 9.81. The number of methoxy groups -OCH3 is 1. The van der Waals surface area contributed by atoms with Gasteiger partial charge in [-0.3, -0.25) is 4.79 Å². The van der Waals surface area contributed by atoms with Crippen molar-refractivity contribution < 1.29 is 9.53 Å². The number of hydrogen-bond acceptors (Lipinski definition) is 3. The summed E-state index contributed by atoms with van der Waals surface area (Å²) in [4.78, 5) is 13.6. The van der Waals surface area contributed by atoms with Crippen molar-refractivity contribution in [3.8, 4) is 0 Å². The molecule has 0 aromatic rings. The second kappa shape index (κ2) is 3.05. The summed E-state index contributed by atoms with van der Waals surface area (Å²) in [5.74, 6) is 0.300. The molecule has 1 rings (SSSR count). The number of ether oxygens (including phenoxy) is 1. The van der Waals surface area contributed by atoms with Crippen molar-refractivity contribution in [3.05, 3.63) is 0 Å². The number of nitrogens with zero attached hydrogens (tertiary/aromatic N) is 1. The Kier molecular flexibility index (Phi) is 2.42. The largest absolute Gasteiger partial charge is 0.469 e. The summed E-state index contributed by atoms with van der Waals surface area (Å²) >= 11 is 0. The molecule has 0 N–H and O–H groups in total. The topological polar surface area (TPSA) is 29.5 Å². The first-order valence-electron chi connectivity index (χ1n) is 4.27. The molecule has 70 valence electrons. The Morgan fingerprint density at radius 2 is 2.25 bits per heavy atom. The van der Waals surface area contributed by atoms with Gasteiger partial charge in [0.15, 0.2) is 0 Å². The van der Waals surface area contributed by atoms with Crippen LogP contribution in [0.25, 0.3) is 0 Å². The van der Waals surface area contributed by atoms with Gasteiger partial charge < -0.3 is 9.64 Å². The zero-order valence-electron chi connectivity index (χ0n) is 8.26. The summed E-state index contributed by atoms with van der Waals surface area (Å²) in [5, 5.41) is 0. The molecule has 12 heavy (non-hydrogen) atoms. The molecule has 0 spiro atoms. The van der Waals surface area contributed by atoms with Crippen LogP contribution in [-0.4, -0.2) is 38.1 Å². The molecule has 1 saturated heterocycles. The number of rotatable bonds is 1. The van der Waals surface area contributed by atoms with Gasteiger partial charge in [0.05, 0.1) is 12.5 Å². The molecule has 0 radical (unpaired) electrons. The Morgan fingerprint density at radius 1 is 1.67 bits per heavy atom. The van der Waals surface area contributed by atoms with Gasteiger partial charge in [0.25, 0.3) is 0 Å². The molecule has 0 saturated carbocycles. The van der Waals surface area contributed by atoms with E-state index in [4.69, 9.17) is 4.74 Å². The second-order valence-corrected chi connectivity index (χ2v) is 4.01. The number of likely N-dealkylation sites (tertiary alicyclic amines) is 1. The molecule has 0 unspecified atom stereocenters. The molecule has 0 aromatic heterocycles. The van der Waals surface area contributed by atoms with Crippen molar-refractivity contribution in [2.45, 2.75) is 13.8 Å². The van der Waals surface area contributed by atoms with Gasteiger partial charge in [-0.15, -0.1) is 0 Å². The summed E-state index contributed by atoms with van der Waals surface area (Å²) in [5.41, 5.74) is -0.302. The molecular formula is C9H17NO2. The van der Waals surface area contributed by atoms with Gasteiger partial charge >= 0.3 is 5.97 Å². The van der Waals surface area contributed by atoms with E-state index in [0.29, 0.717) is 5.92 Å². The van der Waals surface area contributed by atoms with Crippen LogP contribution in [0, 0.1) is 11.3 Å². The van der Waals surface area contributed by atoms with E-state index in [1.165, 1.54) is 7.11 Å². The molecular weight excluding hydrogens is 154 g/mol. The number of carbonyl (C=O) groups excluding carboxylic acids is 1. The van der Waals surface area contributed by atoms with E-state index < -0.39 is 0 Å². The molecule has 0 aliphatic carbocycles. The lowest BCUT2D eigenvalue weighted by molar-refractivity contribution is -0.152. The summed E-state index contributed by atoms with van der Waals surface area (Å²) < 4.78 is 4.79. The zero-order valence-corrected chi connectivity index (χ0v) is 8.26. The van der Waals surface area contributed by atoms with Gasteiger partial charge in [-0.2, -0.15) is 0 Å². The van der Waals surface area contributed by atoms with Gasteiger partial charge in [-0.25, -0.2) is 0 Å². The van der Waals surface area contributed by atoms with Crippen LogP contribution in [0.2, 0.25) is 0 Å². The first-order valence-corrected chi connectivity index (χ1v) is 4.27. The Hall–Kier alpha value is -0.570. The molecule has 1 fully saturated rings. The molecule has 0 bridgehead atoms. The highest BCUT2D eigenvalue weighted by Gasteiger charge is 2.45. The van der Waals surface area contributed by atoms with Crippen LogP contribution in [0.5, 0.6) is 0 Å². The predicted molar refractivity (Wildman–Crippen MR) is 46.8 cm³/mol. The van der Waals surface area contributed by atoms with Crippen LogP contribution in [0.3, 0.4) is 0 Å². The third kappa shape index (κ3) is 1.33. The molecule has 1 aliphatic heterocycles. The van der Waals surface area contributed by atoms with Crippen molar-refractivity contribution in [2.75, 3.05) is 27.2 Å². The van der Waals surface area contributed by atoms with Crippen LogP contribution in [0.4, 0.5) is 0 Å². The monoisotopic (exact) mass is 171 g/mol. The van der Waals surface area contributed by atoms with Crippen molar-refractivity contribution >= 4 is 5.97 Å². The summed E-state index contributed by atoms with van der Waals surface area (Å²) in [6, 6.07) is 0. The average Bonchev–Trinajstić information content (AvgIpc) is 2.26. The first-order chi connectivity index (χ1) is 5.50. The van der Waals surface area contributed by atoms with Gasteiger partial charge in [0, 0.05) is 13.1 Å². The minimum Gasteiger partial charge on any atom is -0.469 e. The van der Waals surface area contributed by atoms with E-state index in [0.717, 1.165) is 13.1 Å². The van der Waals surface area contributed by atoms with Crippen molar-refractivity contribution in [3.63, 3.8) is 0 Å². The molecule has 2 atom stereocenters. The maximum Gasteiger partial charge on any atom is 0.313 e. The normalized spacial score (nSPS) is 36.8. The fraction of sp³-hybridized carbons (Fsp3) is 0.889. The van der Waals surface area contributed by atoms with E-state index in [1.54, 1.807) is 0 Å². The Bertz CT molecular complexity index is 193. The quantitative estimate of drug-likeness (QED) is 0.545. The number of esters is 1. The lowest BCUT2D eigenvalue weighted by Crippen LogP contribution is -2.35. The van der Waals surface area contributed by atoms with Gasteiger partial charge in [-0.1, -0.05) is 6.92 Å². The Labute approximate surface area is 73.7 Å². The van der Waals surface area contributed by atoms with Crippen molar-refractivity contribution in [1.29, 1.82) is 0 Å². The third-order valence-corrected chi connectivity index (χ3v) is 2.92. The van der Waals surface area contributed by atoms with Crippen LogP contribution >= 0.6 is 0 Å². The second-order valence-electron chi connectivity index (χ2n) is 4.01. The fourth-order valence-corrected chi connectivity index (χ4v) is 1.95. The SMILES string of the molecule is COC(=O)[C@]1(C)CN(C)C[C@H]1C. The van der Waals surface area contributed by atoms with E-state index in [-0.39, 0.29) is 11.4 Å². The number of carbonyl (C=O) groups is 1. The highest BCUT2D eigenvalue weighted by molar-refractivity contribution is 5.77. The smallest absolute Gasteiger partial charge is 0.313 e. The molecule has 1 heterocycles. The fourth-order valence-electron chi connectivity index (χ4n) is 1.95. The maximum absolute atomic E-state index is 11.4. The van der Waals surface area contributed by atoms with Gasteiger partial charge in [0.1, 0.15) is 0 Å². The van der Waals surface area contributed by atoms with Crippen LogP contribution in [0.15, 0.2) is 0 Å². The lowest BCUT2D eigenvalue weighted by Gasteiger charge is -2.24. The Balaban J connectivity index is 2.77. The summed E-state index contributed by atoms with van der Waals surface area (Å²) in [7, 11) is 3.49. The third-order valence-electron chi connectivity index (χ3n) is 2.92. The molecule has 1 aliphatic rings. The van der Waals surface area contributed by atoms with E-state index >= 15 is 0 Å². The van der Waals surface area contributed by atoms with Crippen LogP contribution in [0.1, 0.15) is 13.8 Å². The standard InChI is InChI=1S/C9H17NO2/c1-7-5-10(3)6-9(7,2)8(11)12-4/h7H,5-6H2,1-4H3/t7-,9-/m1/s1. The zero-order chi connectivity index (χ0) is 9.35. The summed E-state index contributed by atoms with van der Waals surface area (Å²) in [6.45, 7) is 5.86. The van der Waals surface area contributed by atoms with Gasteiger partial charge in [0.2, 0.25) is 0 Å². The van der Waals surface area contributed by atoms with Crippen LogP contribution in [-0.2, 0) is 9.53 Å². The average molecular weight is 171 g/mol. The highest BCUT2D eigenvalue weighted by atomic mass is 16.5. The predicted octanol–water partition coefficient (Wildman–Crippen LogP) is 0.747. The van der Waals surface area contributed by atoms with Gasteiger partial charge in [-0.05, 0) is 19.9 Å². The Morgan fingerprint density at radius 3 is 2.58 bits per heavy atom. The molecule has 0 amide bonds. The van der Waals surface area contributed by atoms with E-state index in [1.807, 2.05) is 14.0 Å².